The number of anilines is 3. The molecule has 2 aromatic carbocycles. The lowest BCUT2D eigenvalue weighted by Crippen LogP contribution is -2.17. The highest BCUT2D eigenvalue weighted by Crippen LogP contribution is 2.31. The molecule has 2 N–H and O–H groups in total. The van der Waals surface area contributed by atoms with Crippen molar-refractivity contribution < 1.29 is 31.1 Å². The van der Waals surface area contributed by atoms with E-state index < -0.39 is 29.6 Å². The van der Waals surface area contributed by atoms with Crippen molar-refractivity contribution in [3.05, 3.63) is 59.9 Å². The number of nitrogens with zero attached hydrogens (tertiary/aromatic N) is 2. The lowest BCUT2D eigenvalue weighted by Gasteiger charge is -2.13. The summed E-state index contributed by atoms with van der Waals surface area (Å²) in [6.07, 6.45) is -3.08. The van der Waals surface area contributed by atoms with Crippen LogP contribution < -0.4 is 15.4 Å². The largest absolute Gasteiger partial charge is 0.573 e. The van der Waals surface area contributed by atoms with E-state index in [0.29, 0.717) is 0 Å². The van der Waals surface area contributed by atoms with E-state index in [2.05, 4.69) is 25.3 Å². The van der Waals surface area contributed by atoms with Crippen molar-refractivity contribution in [2.45, 2.75) is 25.2 Å². The summed E-state index contributed by atoms with van der Waals surface area (Å²) in [6.45, 7) is 0. The molecule has 0 bridgehead atoms. The Kier molecular flexibility index (Phi) is 5.34. The van der Waals surface area contributed by atoms with E-state index in [-0.39, 0.29) is 34.8 Å². The van der Waals surface area contributed by atoms with Gasteiger partial charge in [0.2, 0.25) is 5.95 Å². The van der Waals surface area contributed by atoms with Gasteiger partial charge in [0.15, 0.2) is 17.5 Å². The summed E-state index contributed by atoms with van der Waals surface area (Å²) in [7, 11) is 0. The molecule has 0 spiro atoms. The van der Waals surface area contributed by atoms with E-state index >= 15 is 0 Å². The average Bonchev–Trinajstić information content (AvgIpc) is 3.51. The molecule has 1 fully saturated rings. The molecule has 0 saturated heterocycles. The second-order valence-corrected chi connectivity index (χ2v) is 6.80. The number of hydrogen-bond donors (Lipinski definition) is 2. The molecule has 0 aliphatic heterocycles. The van der Waals surface area contributed by atoms with E-state index in [1.165, 1.54) is 18.2 Å². The zero-order chi connectivity index (χ0) is 22.2. The Morgan fingerprint density at radius 3 is 2.42 bits per heavy atom. The molecule has 1 saturated carbocycles. The molecule has 11 heteroatoms. The summed E-state index contributed by atoms with van der Waals surface area (Å²) in [4.78, 5) is 8.47. The predicted molar refractivity (Wildman–Crippen MR) is 100 cm³/mol. The van der Waals surface area contributed by atoms with Gasteiger partial charge >= 0.3 is 6.36 Å². The smallest absolute Gasteiger partial charge is 0.406 e. The van der Waals surface area contributed by atoms with Gasteiger partial charge in [0, 0.05) is 17.7 Å². The summed E-state index contributed by atoms with van der Waals surface area (Å²) < 4.78 is 82.3. The van der Waals surface area contributed by atoms with Crippen LogP contribution >= 0.6 is 0 Å². The first-order chi connectivity index (χ1) is 14.7. The first-order valence-electron chi connectivity index (χ1n) is 9.10. The van der Waals surface area contributed by atoms with Crippen LogP contribution in [0.15, 0.2) is 42.5 Å². The molecule has 0 radical (unpaired) electrons. The molecule has 1 aromatic heterocycles. The number of rotatable bonds is 6. The summed E-state index contributed by atoms with van der Waals surface area (Å²) in [5.74, 6) is -4.69. The number of hydrogen-bond acceptors (Lipinski definition) is 5. The Labute approximate surface area is 172 Å². The molecule has 3 aromatic rings. The lowest BCUT2D eigenvalue weighted by molar-refractivity contribution is -0.274. The predicted octanol–water partition coefficient (Wildman–Crippen LogP) is 5.78. The number of nitrogens with one attached hydrogen (secondary N) is 2. The summed E-state index contributed by atoms with van der Waals surface area (Å²) in [6, 6.07) is 8.37. The van der Waals surface area contributed by atoms with Crippen molar-refractivity contribution in [1.82, 2.24) is 9.97 Å². The Hall–Kier alpha value is -3.50. The molecule has 1 aliphatic carbocycles. The van der Waals surface area contributed by atoms with Gasteiger partial charge in [-0.05, 0) is 37.1 Å². The molecule has 0 atom stereocenters. The second kappa shape index (κ2) is 7.97. The monoisotopic (exact) mass is 440 g/mol. The summed E-state index contributed by atoms with van der Waals surface area (Å²) >= 11 is 0. The number of halogens is 6. The normalized spacial score (nSPS) is 13.7. The third-order valence-corrected chi connectivity index (χ3v) is 4.30. The van der Waals surface area contributed by atoms with Gasteiger partial charge in [0.25, 0.3) is 0 Å². The SMILES string of the molecule is Fc1ccc(Nc2cc(-c3cccc(OC(F)(F)F)c3)nc(NC3CC3)n2)c(F)c1F. The maximum absolute atomic E-state index is 14.0. The average molecular weight is 440 g/mol. The van der Waals surface area contributed by atoms with Gasteiger partial charge in [-0.15, -0.1) is 13.2 Å². The highest BCUT2D eigenvalue weighted by Gasteiger charge is 2.31. The van der Waals surface area contributed by atoms with Gasteiger partial charge in [0.1, 0.15) is 11.6 Å². The van der Waals surface area contributed by atoms with Crippen molar-refractivity contribution in [2.75, 3.05) is 10.6 Å². The van der Waals surface area contributed by atoms with Crippen molar-refractivity contribution in [3.63, 3.8) is 0 Å². The first kappa shape index (κ1) is 20.8. The second-order valence-electron chi connectivity index (χ2n) is 6.80. The van der Waals surface area contributed by atoms with Crippen LogP contribution in [0.5, 0.6) is 5.75 Å². The van der Waals surface area contributed by atoms with Crippen molar-refractivity contribution in [3.8, 4) is 17.0 Å². The quantitative estimate of drug-likeness (QED) is 0.376. The molecule has 0 amide bonds. The van der Waals surface area contributed by atoms with Crippen LogP contribution in [0.3, 0.4) is 0 Å². The third kappa shape index (κ3) is 5.16. The van der Waals surface area contributed by atoms with Gasteiger partial charge in [-0.1, -0.05) is 12.1 Å². The molecule has 4 rings (SSSR count). The van der Waals surface area contributed by atoms with Crippen LogP contribution in [0, 0.1) is 17.5 Å². The molecular formula is C20H14F6N4O. The van der Waals surface area contributed by atoms with E-state index in [1.807, 2.05) is 0 Å². The molecule has 162 valence electrons. The van der Waals surface area contributed by atoms with E-state index in [0.717, 1.165) is 37.1 Å². The summed E-state index contributed by atoms with van der Waals surface area (Å²) in [5, 5.41) is 5.59. The fourth-order valence-corrected chi connectivity index (χ4v) is 2.75. The number of alkyl halides is 3. The van der Waals surface area contributed by atoms with Gasteiger partial charge < -0.3 is 15.4 Å². The topological polar surface area (TPSA) is 59.1 Å². The first-order valence-corrected chi connectivity index (χ1v) is 9.10. The fraction of sp³-hybridized carbons (Fsp3) is 0.200. The zero-order valence-corrected chi connectivity index (χ0v) is 15.6. The standard InChI is InChI=1S/C20H14F6N4O/c21-13-6-7-14(18(23)17(13)22)28-16-9-15(29-19(30-16)27-11-4-5-11)10-2-1-3-12(8-10)31-20(24,25)26/h1-3,6-9,11H,4-5H2,(H2,27,28,29,30). The van der Waals surface area contributed by atoms with Crippen molar-refractivity contribution in [2.24, 2.45) is 0 Å². The Balaban J connectivity index is 1.70. The molecule has 1 aliphatic rings. The molecular weight excluding hydrogens is 426 g/mol. The minimum absolute atomic E-state index is 0.0280. The lowest BCUT2D eigenvalue weighted by atomic mass is 10.1. The highest BCUT2D eigenvalue weighted by atomic mass is 19.4. The Morgan fingerprint density at radius 1 is 0.935 bits per heavy atom. The van der Waals surface area contributed by atoms with Gasteiger partial charge in [-0.2, -0.15) is 4.98 Å². The number of aromatic nitrogens is 2. The fourth-order valence-electron chi connectivity index (χ4n) is 2.75. The molecule has 0 unspecified atom stereocenters. The van der Waals surface area contributed by atoms with Crippen molar-refractivity contribution in [1.29, 1.82) is 0 Å². The third-order valence-electron chi connectivity index (χ3n) is 4.30. The Bertz CT molecular complexity index is 1120. The van der Waals surface area contributed by atoms with Crippen LogP contribution in [0.4, 0.5) is 43.8 Å². The number of ether oxygens (including phenoxy) is 1. The van der Waals surface area contributed by atoms with Gasteiger partial charge in [-0.3, -0.25) is 0 Å². The molecule has 31 heavy (non-hydrogen) atoms. The van der Waals surface area contributed by atoms with Crippen LogP contribution in [-0.2, 0) is 0 Å². The van der Waals surface area contributed by atoms with E-state index in [4.69, 9.17) is 0 Å². The van der Waals surface area contributed by atoms with Crippen LogP contribution in [0.25, 0.3) is 11.3 Å². The maximum Gasteiger partial charge on any atom is 0.573 e. The minimum Gasteiger partial charge on any atom is -0.406 e. The molecule has 1 heterocycles. The molecule has 5 nitrogen and oxygen atoms in total. The van der Waals surface area contributed by atoms with E-state index in [1.54, 1.807) is 0 Å². The van der Waals surface area contributed by atoms with E-state index in [9.17, 15) is 26.3 Å². The Morgan fingerprint density at radius 2 is 1.71 bits per heavy atom. The van der Waals surface area contributed by atoms with Crippen LogP contribution in [0.1, 0.15) is 12.8 Å². The zero-order valence-electron chi connectivity index (χ0n) is 15.6. The number of benzene rings is 2. The minimum atomic E-state index is -4.86. The van der Waals surface area contributed by atoms with Gasteiger partial charge in [0.05, 0.1) is 11.4 Å². The van der Waals surface area contributed by atoms with Crippen LogP contribution in [0.2, 0.25) is 0 Å². The highest BCUT2D eigenvalue weighted by molar-refractivity contribution is 5.68. The maximum atomic E-state index is 14.0. The summed E-state index contributed by atoms with van der Waals surface area (Å²) in [5.41, 5.74) is 0.114. The van der Waals surface area contributed by atoms with Crippen molar-refractivity contribution >= 4 is 17.5 Å². The van der Waals surface area contributed by atoms with Gasteiger partial charge in [-0.25, -0.2) is 18.2 Å². The van der Waals surface area contributed by atoms with Crippen LogP contribution in [-0.4, -0.2) is 22.4 Å².